The molecule has 6 aliphatic carbocycles. The van der Waals surface area contributed by atoms with Crippen LogP contribution >= 0.6 is 0 Å². The van der Waals surface area contributed by atoms with Gasteiger partial charge in [0.2, 0.25) is 0 Å². The number of ether oxygens (including phenoxy) is 4. The molecule has 4 heterocycles. The van der Waals surface area contributed by atoms with Crippen molar-refractivity contribution < 1.29 is 28.5 Å². The molecule has 0 aromatic carbocycles. The van der Waals surface area contributed by atoms with Crippen molar-refractivity contribution in [1.82, 2.24) is 9.97 Å². The Hall–Kier alpha value is -3.68. The maximum atomic E-state index is 12.1. The highest BCUT2D eigenvalue weighted by atomic mass is 16.5. The van der Waals surface area contributed by atoms with Gasteiger partial charge in [0.05, 0.1) is 38.8 Å². The van der Waals surface area contributed by atoms with Gasteiger partial charge < -0.3 is 18.9 Å². The van der Waals surface area contributed by atoms with Crippen LogP contribution in [0.15, 0.2) is 49.1 Å². The van der Waals surface area contributed by atoms with Gasteiger partial charge in [0.1, 0.15) is 11.5 Å². The van der Waals surface area contributed by atoms with E-state index in [1.54, 1.807) is 0 Å². The number of fused-ring (bicyclic) bond motifs is 10. The third-order valence-electron chi connectivity index (χ3n) is 18.6. The fourth-order valence-electron chi connectivity index (χ4n) is 15.4. The van der Waals surface area contributed by atoms with E-state index in [0.717, 1.165) is 36.2 Å². The van der Waals surface area contributed by atoms with Gasteiger partial charge in [-0.05, 0) is 194 Å². The Kier molecular flexibility index (Phi) is 11.3. The molecule has 2 aromatic rings. The van der Waals surface area contributed by atoms with Crippen LogP contribution in [0.5, 0.6) is 11.5 Å². The molecular weight excluding hydrogens is 749 g/mol. The lowest BCUT2D eigenvalue weighted by Crippen LogP contribution is -2.51. The molecule has 60 heavy (non-hydrogen) atoms. The molecule has 6 fully saturated rings. The molecule has 2 saturated heterocycles. The van der Waals surface area contributed by atoms with E-state index in [1.165, 1.54) is 86.5 Å². The second-order valence-corrected chi connectivity index (χ2v) is 21.0. The summed E-state index contributed by atoms with van der Waals surface area (Å²) >= 11 is 0. The van der Waals surface area contributed by atoms with Crippen LogP contribution in [0, 0.1) is 69.0 Å². The van der Waals surface area contributed by atoms with Crippen molar-refractivity contribution in [2.75, 3.05) is 26.4 Å². The molecule has 324 valence electrons. The van der Waals surface area contributed by atoms with Crippen LogP contribution in [0.25, 0.3) is 11.1 Å². The zero-order valence-electron chi connectivity index (χ0n) is 37.3. The van der Waals surface area contributed by atoms with Gasteiger partial charge in [0.25, 0.3) is 0 Å². The summed E-state index contributed by atoms with van der Waals surface area (Å²) in [6, 6.07) is 4.35. The third-order valence-corrected chi connectivity index (χ3v) is 18.6. The summed E-state index contributed by atoms with van der Waals surface area (Å²) in [5, 5.41) is 0. The highest BCUT2D eigenvalue weighted by Crippen LogP contribution is 2.68. The van der Waals surface area contributed by atoms with Gasteiger partial charge in [0.15, 0.2) is 0 Å². The van der Waals surface area contributed by atoms with Gasteiger partial charge in [0, 0.05) is 25.2 Å². The molecule has 8 nitrogen and oxygen atoms in total. The summed E-state index contributed by atoms with van der Waals surface area (Å²) in [6.07, 6.45) is 28.1. The predicted molar refractivity (Wildman–Crippen MR) is 234 cm³/mol. The highest BCUT2D eigenvalue weighted by molar-refractivity contribution is 5.74. The molecule has 2 aliphatic heterocycles. The van der Waals surface area contributed by atoms with Crippen molar-refractivity contribution >= 4 is 23.1 Å². The molecule has 4 saturated carbocycles. The Balaban J connectivity index is 0.000000154. The van der Waals surface area contributed by atoms with Gasteiger partial charge in [-0.15, -0.1) is 0 Å². The van der Waals surface area contributed by atoms with Gasteiger partial charge in [-0.3, -0.25) is 19.6 Å². The van der Waals surface area contributed by atoms with Crippen LogP contribution in [-0.4, -0.2) is 48.3 Å². The molecule has 2 aromatic heterocycles. The minimum Gasteiger partial charge on any atom is -0.492 e. The van der Waals surface area contributed by atoms with E-state index in [9.17, 15) is 9.59 Å². The summed E-state index contributed by atoms with van der Waals surface area (Å²) in [7, 11) is 0. The maximum Gasteiger partial charge on any atom is 0.306 e. The number of pyridine rings is 2. The standard InChI is InChI=1S/2C26H35NO3/c1-4-29-19-13-17(14-27-15-19)21-7-8-22-20-6-5-18-16-30-24(28)10-12-25(18,2)23(20)9-11-26(21,22)3;1-4-29-19-13-17(15-27-16-19)21-7-8-22-20-6-5-18-14-24(28)30-12-11-25(18,2)23(20)9-10-26(21,22)3/h7,13-15,18,20,22-23H,4-6,8-12,16H2,1-3H3;7,13,15-16,18,20,22-23H,4-6,8-12,14H2,1-3H3/t2*18-,20-,22-,23-,25-,26+/m00/s1. The monoisotopic (exact) mass is 819 g/mol. The van der Waals surface area contributed by atoms with Crippen LogP contribution in [0.4, 0.5) is 0 Å². The number of hydrogen-bond acceptors (Lipinski definition) is 8. The molecule has 0 bridgehead atoms. The predicted octanol–water partition coefficient (Wildman–Crippen LogP) is 11.3. The fourth-order valence-corrected chi connectivity index (χ4v) is 15.4. The summed E-state index contributed by atoms with van der Waals surface area (Å²) < 4.78 is 22.5. The van der Waals surface area contributed by atoms with Crippen LogP contribution < -0.4 is 9.47 Å². The lowest BCUT2D eigenvalue weighted by molar-refractivity contribution is -0.145. The number of carbonyl (C=O) groups is 2. The van der Waals surface area contributed by atoms with E-state index >= 15 is 0 Å². The Morgan fingerprint density at radius 1 is 0.617 bits per heavy atom. The number of carbonyl (C=O) groups excluding carboxylic acids is 2. The Morgan fingerprint density at radius 3 is 1.70 bits per heavy atom. The normalized spacial score (nSPS) is 40.4. The van der Waals surface area contributed by atoms with Crippen molar-refractivity contribution in [1.29, 1.82) is 0 Å². The van der Waals surface area contributed by atoms with Crippen molar-refractivity contribution in [3.8, 4) is 11.5 Å². The zero-order valence-corrected chi connectivity index (χ0v) is 37.3. The largest absolute Gasteiger partial charge is 0.492 e. The smallest absolute Gasteiger partial charge is 0.306 e. The lowest BCUT2D eigenvalue weighted by Gasteiger charge is -2.58. The summed E-state index contributed by atoms with van der Waals surface area (Å²) in [6.45, 7) is 16.5. The SMILES string of the molecule is CCOc1cncc(C2=CC[C@H]3[C@@H]4CC[C@H]5CC(=O)OCC[C@]5(C)[C@H]4CC[C@]23C)c1.CCOc1cncc(C2=CC[C@H]3[C@@H]4CC[C@H]5COC(=O)CC[C@]5(C)[C@H]4CC[C@]23C)c1. The number of rotatable bonds is 6. The molecule has 0 N–H and O–H groups in total. The lowest BCUT2D eigenvalue weighted by atomic mass is 9.46. The first-order valence-corrected chi connectivity index (χ1v) is 23.8. The molecule has 10 rings (SSSR count). The number of nitrogens with zero attached hydrogens (tertiary/aromatic N) is 2. The van der Waals surface area contributed by atoms with Crippen LogP contribution in [0.3, 0.4) is 0 Å². The summed E-state index contributed by atoms with van der Waals surface area (Å²) in [5.74, 6) is 7.11. The summed E-state index contributed by atoms with van der Waals surface area (Å²) in [4.78, 5) is 33.0. The number of esters is 2. The van der Waals surface area contributed by atoms with E-state index in [-0.39, 0.29) is 33.6 Å². The van der Waals surface area contributed by atoms with Gasteiger partial charge in [-0.1, -0.05) is 39.8 Å². The molecular formula is C52H70N2O6. The van der Waals surface area contributed by atoms with E-state index < -0.39 is 0 Å². The highest BCUT2D eigenvalue weighted by Gasteiger charge is 2.60. The first kappa shape index (κ1) is 41.7. The van der Waals surface area contributed by atoms with Crippen LogP contribution in [-0.2, 0) is 19.1 Å². The number of allylic oxidation sites excluding steroid dienone is 4. The number of cyclic esters (lactones) is 2. The average Bonchev–Trinajstić information content (AvgIpc) is 3.67. The van der Waals surface area contributed by atoms with Crippen molar-refractivity contribution in [3.63, 3.8) is 0 Å². The second-order valence-electron chi connectivity index (χ2n) is 21.0. The first-order chi connectivity index (χ1) is 28.9. The van der Waals surface area contributed by atoms with Gasteiger partial charge in [-0.2, -0.15) is 0 Å². The van der Waals surface area contributed by atoms with E-state index in [2.05, 4.69) is 61.9 Å². The zero-order chi connectivity index (χ0) is 41.9. The molecule has 8 aliphatic rings. The number of hydrogen-bond donors (Lipinski definition) is 0. The van der Waals surface area contributed by atoms with Crippen molar-refractivity contribution in [3.05, 3.63) is 60.2 Å². The molecule has 12 atom stereocenters. The molecule has 0 amide bonds. The fraction of sp³-hybridized carbons (Fsp3) is 0.692. The maximum absolute atomic E-state index is 12.1. The minimum absolute atomic E-state index is 0.00863. The first-order valence-electron chi connectivity index (χ1n) is 23.8. The van der Waals surface area contributed by atoms with Crippen molar-refractivity contribution in [2.45, 2.75) is 131 Å². The Labute approximate surface area is 359 Å². The minimum atomic E-state index is 0.00863. The number of aromatic nitrogens is 2. The topological polar surface area (TPSA) is 96.8 Å². The van der Waals surface area contributed by atoms with E-state index in [4.69, 9.17) is 18.9 Å². The Bertz CT molecular complexity index is 1910. The summed E-state index contributed by atoms with van der Waals surface area (Å²) in [5.41, 5.74) is 6.35. The van der Waals surface area contributed by atoms with Crippen LogP contribution in [0.2, 0.25) is 0 Å². The second kappa shape index (κ2) is 16.2. The average molecular weight is 819 g/mol. The molecule has 0 radical (unpaired) electrons. The van der Waals surface area contributed by atoms with Crippen molar-refractivity contribution in [2.24, 2.45) is 69.0 Å². The van der Waals surface area contributed by atoms with Crippen LogP contribution in [0.1, 0.15) is 143 Å². The molecule has 0 unspecified atom stereocenters. The van der Waals surface area contributed by atoms with Gasteiger partial charge in [-0.25, -0.2) is 0 Å². The molecule has 8 heteroatoms. The quantitative estimate of drug-likeness (QED) is 0.266. The third kappa shape index (κ3) is 7.02. The van der Waals surface area contributed by atoms with Gasteiger partial charge >= 0.3 is 11.9 Å². The van der Waals surface area contributed by atoms with E-state index in [1.807, 2.05) is 38.6 Å². The Morgan fingerprint density at radius 2 is 1.15 bits per heavy atom. The van der Waals surface area contributed by atoms with E-state index in [0.29, 0.717) is 74.8 Å². The molecule has 0 spiro atoms.